The van der Waals surface area contributed by atoms with Crippen LogP contribution in [0.1, 0.15) is 5.56 Å². The summed E-state index contributed by atoms with van der Waals surface area (Å²) < 4.78 is 0. The van der Waals surface area contributed by atoms with Crippen LogP contribution in [0.2, 0.25) is 0 Å². The first kappa shape index (κ1) is 9.93. The van der Waals surface area contributed by atoms with E-state index in [4.69, 9.17) is 11.0 Å². The average Bonchev–Trinajstić information content (AvgIpc) is 2.28. The molecule has 1 aromatic carbocycles. The standard InChI is InChI=1S/C11H8N4O/c12-6-7-1-3-8(4-2-7)11-14-9(13)5-10(16)15-11/h1-5H,(H3,13,14,15,16). The van der Waals surface area contributed by atoms with E-state index in [1.807, 2.05) is 6.07 Å². The fourth-order valence-electron chi connectivity index (χ4n) is 1.32. The second kappa shape index (κ2) is 3.87. The normalized spacial score (nSPS) is 9.69. The van der Waals surface area contributed by atoms with Crippen molar-refractivity contribution in [3.63, 3.8) is 0 Å². The van der Waals surface area contributed by atoms with Crippen molar-refractivity contribution in [3.05, 3.63) is 46.2 Å². The van der Waals surface area contributed by atoms with Crippen molar-refractivity contribution in [3.8, 4) is 17.5 Å². The number of benzene rings is 1. The minimum Gasteiger partial charge on any atom is -0.383 e. The summed E-state index contributed by atoms with van der Waals surface area (Å²) in [4.78, 5) is 17.8. The molecule has 0 aliphatic heterocycles. The molecule has 78 valence electrons. The highest BCUT2D eigenvalue weighted by molar-refractivity contribution is 5.57. The largest absolute Gasteiger partial charge is 0.383 e. The number of H-pyrrole nitrogens is 1. The van der Waals surface area contributed by atoms with E-state index >= 15 is 0 Å². The molecule has 1 heterocycles. The Morgan fingerprint density at radius 3 is 2.56 bits per heavy atom. The minimum absolute atomic E-state index is 0.170. The highest BCUT2D eigenvalue weighted by Gasteiger charge is 2.02. The van der Waals surface area contributed by atoms with E-state index in [0.29, 0.717) is 17.0 Å². The number of nitrogen functional groups attached to an aromatic ring is 1. The van der Waals surface area contributed by atoms with E-state index in [0.717, 1.165) is 0 Å². The highest BCUT2D eigenvalue weighted by Crippen LogP contribution is 2.14. The Hall–Kier alpha value is -2.61. The summed E-state index contributed by atoms with van der Waals surface area (Å²) in [6, 6.07) is 9.94. The van der Waals surface area contributed by atoms with Crippen molar-refractivity contribution in [2.24, 2.45) is 0 Å². The number of rotatable bonds is 1. The van der Waals surface area contributed by atoms with Crippen LogP contribution in [0.4, 0.5) is 5.82 Å². The number of hydrogen-bond donors (Lipinski definition) is 2. The predicted octanol–water partition coefficient (Wildman–Crippen LogP) is 0.891. The van der Waals surface area contributed by atoms with Gasteiger partial charge in [0.05, 0.1) is 11.6 Å². The van der Waals surface area contributed by atoms with Crippen LogP contribution in [-0.4, -0.2) is 9.97 Å². The smallest absolute Gasteiger partial charge is 0.253 e. The van der Waals surface area contributed by atoms with Gasteiger partial charge in [0.1, 0.15) is 11.6 Å². The molecule has 5 heteroatoms. The fourth-order valence-corrected chi connectivity index (χ4v) is 1.32. The van der Waals surface area contributed by atoms with Crippen LogP contribution in [0.25, 0.3) is 11.4 Å². The minimum atomic E-state index is -0.299. The summed E-state index contributed by atoms with van der Waals surface area (Å²) in [6.45, 7) is 0. The zero-order valence-corrected chi connectivity index (χ0v) is 8.27. The van der Waals surface area contributed by atoms with E-state index in [9.17, 15) is 4.79 Å². The van der Waals surface area contributed by atoms with Gasteiger partial charge in [-0.2, -0.15) is 5.26 Å². The molecule has 5 nitrogen and oxygen atoms in total. The van der Waals surface area contributed by atoms with Gasteiger partial charge in [0, 0.05) is 11.6 Å². The Balaban J connectivity index is 2.51. The van der Waals surface area contributed by atoms with Crippen molar-refractivity contribution < 1.29 is 0 Å². The van der Waals surface area contributed by atoms with Crippen LogP contribution in [0, 0.1) is 11.3 Å². The summed E-state index contributed by atoms with van der Waals surface area (Å²) >= 11 is 0. The summed E-state index contributed by atoms with van der Waals surface area (Å²) in [6.07, 6.45) is 0. The third kappa shape index (κ3) is 1.91. The molecule has 0 spiro atoms. The Kier molecular flexibility index (Phi) is 2.40. The van der Waals surface area contributed by atoms with Crippen LogP contribution in [0.15, 0.2) is 35.1 Å². The van der Waals surface area contributed by atoms with Gasteiger partial charge in [-0.3, -0.25) is 4.79 Å². The number of anilines is 1. The number of nitrogens with one attached hydrogen (secondary N) is 1. The van der Waals surface area contributed by atoms with Gasteiger partial charge in [-0.1, -0.05) is 0 Å². The number of nitriles is 1. The van der Waals surface area contributed by atoms with Crippen molar-refractivity contribution in [2.75, 3.05) is 5.73 Å². The third-order valence-electron chi connectivity index (χ3n) is 2.05. The van der Waals surface area contributed by atoms with E-state index in [-0.39, 0.29) is 11.4 Å². The maximum atomic E-state index is 11.2. The molecule has 0 radical (unpaired) electrons. The lowest BCUT2D eigenvalue weighted by molar-refractivity contribution is 1.14. The van der Waals surface area contributed by atoms with E-state index in [2.05, 4.69) is 9.97 Å². The van der Waals surface area contributed by atoms with Gasteiger partial charge in [-0.05, 0) is 24.3 Å². The predicted molar refractivity (Wildman–Crippen MR) is 59.4 cm³/mol. The SMILES string of the molecule is N#Cc1ccc(-c2nc(N)cc(=O)[nH]2)cc1. The molecule has 0 aliphatic carbocycles. The molecule has 2 rings (SSSR count). The first-order valence-corrected chi connectivity index (χ1v) is 4.56. The Morgan fingerprint density at radius 1 is 1.31 bits per heavy atom. The molecule has 0 aliphatic rings. The lowest BCUT2D eigenvalue weighted by Gasteiger charge is -2.01. The van der Waals surface area contributed by atoms with Gasteiger partial charge >= 0.3 is 0 Å². The van der Waals surface area contributed by atoms with E-state index < -0.39 is 0 Å². The van der Waals surface area contributed by atoms with Crippen LogP contribution in [-0.2, 0) is 0 Å². The summed E-state index contributed by atoms with van der Waals surface area (Å²) in [5.41, 5.74) is 6.43. The van der Waals surface area contributed by atoms with Crippen molar-refractivity contribution in [1.29, 1.82) is 5.26 Å². The van der Waals surface area contributed by atoms with Gasteiger partial charge < -0.3 is 10.7 Å². The Morgan fingerprint density at radius 2 is 2.00 bits per heavy atom. The molecular weight excluding hydrogens is 204 g/mol. The zero-order valence-electron chi connectivity index (χ0n) is 8.27. The monoisotopic (exact) mass is 212 g/mol. The zero-order chi connectivity index (χ0) is 11.5. The first-order valence-electron chi connectivity index (χ1n) is 4.56. The first-order chi connectivity index (χ1) is 7.69. The molecule has 0 saturated heterocycles. The third-order valence-corrected chi connectivity index (χ3v) is 2.05. The van der Waals surface area contributed by atoms with Gasteiger partial charge in [0.25, 0.3) is 5.56 Å². The summed E-state index contributed by atoms with van der Waals surface area (Å²) in [5.74, 6) is 0.567. The lowest BCUT2D eigenvalue weighted by Crippen LogP contribution is -2.09. The molecule has 0 atom stereocenters. The van der Waals surface area contributed by atoms with Gasteiger partial charge in [-0.15, -0.1) is 0 Å². The molecule has 16 heavy (non-hydrogen) atoms. The number of aromatic nitrogens is 2. The van der Waals surface area contributed by atoms with Crippen molar-refractivity contribution in [2.45, 2.75) is 0 Å². The maximum absolute atomic E-state index is 11.2. The van der Waals surface area contributed by atoms with E-state index in [1.165, 1.54) is 6.07 Å². The molecule has 0 fully saturated rings. The van der Waals surface area contributed by atoms with Crippen LogP contribution in [0.3, 0.4) is 0 Å². The maximum Gasteiger partial charge on any atom is 0.253 e. The number of aromatic amines is 1. The quantitative estimate of drug-likeness (QED) is 0.733. The molecule has 0 amide bonds. The average molecular weight is 212 g/mol. The molecule has 0 saturated carbocycles. The van der Waals surface area contributed by atoms with Gasteiger partial charge in [0.15, 0.2) is 0 Å². The van der Waals surface area contributed by atoms with Crippen LogP contribution < -0.4 is 11.3 Å². The molecule has 3 N–H and O–H groups in total. The Labute approximate surface area is 91.2 Å². The fraction of sp³-hybridized carbons (Fsp3) is 0. The number of nitrogens with zero attached hydrogens (tertiary/aromatic N) is 2. The number of nitrogens with two attached hydrogens (primary N) is 1. The Bertz CT molecular complexity index is 607. The second-order valence-electron chi connectivity index (χ2n) is 3.21. The topological polar surface area (TPSA) is 95.6 Å². The highest BCUT2D eigenvalue weighted by atomic mass is 16.1. The molecular formula is C11H8N4O. The van der Waals surface area contributed by atoms with Gasteiger partial charge in [-0.25, -0.2) is 4.98 Å². The van der Waals surface area contributed by atoms with E-state index in [1.54, 1.807) is 24.3 Å². The summed E-state index contributed by atoms with van der Waals surface area (Å²) in [5, 5.41) is 8.64. The molecule has 2 aromatic rings. The summed E-state index contributed by atoms with van der Waals surface area (Å²) in [7, 11) is 0. The van der Waals surface area contributed by atoms with Crippen LogP contribution in [0.5, 0.6) is 0 Å². The van der Waals surface area contributed by atoms with Crippen molar-refractivity contribution in [1.82, 2.24) is 9.97 Å². The number of hydrogen-bond acceptors (Lipinski definition) is 4. The van der Waals surface area contributed by atoms with Crippen LogP contribution >= 0.6 is 0 Å². The molecule has 0 unspecified atom stereocenters. The molecule has 1 aromatic heterocycles. The molecule has 0 bridgehead atoms. The lowest BCUT2D eigenvalue weighted by atomic mass is 10.1. The van der Waals surface area contributed by atoms with Crippen molar-refractivity contribution >= 4 is 5.82 Å². The van der Waals surface area contributed by atoms with Gasteiger partial charge in [0.2, 0.25) is 0 Å². The second-order valence-corrected chi connectivity index (χ2v) is 3.21.